The highest BCUT2D eigenvalue weighted by Crippen LogP contribution is 2.17. The van der Waals surface area contributed by atoms with Crippen LogP contribution in [0.1, 0.15) is 18.1 Å². The van der Waals surface area contributed by atoms with E-state index in [9.17, 15) is 14.3 Å². The minimum Gasteiger partial charge on any atom is -0.387 e. The molecule has 0 spiro atoms. The molecule has 2 atom stereocenters. The Morgan fingerprint density at radius 3 is 2.84 bits per heavy atom. The molecule has 132 valence electrons. The zero-order valence-electron chi connectivity index (χ0n) is 13.7. The Labute approximate surface area is 145 Å². The van der Waals surface area contributed by atoms with E-state index in [1.54, 1.807) is 6.20 Å². The molecule has 1 aromatic carbocycles. The van der Waals surface area contributed by atoms with Crippen LogP contribution in [0.2, 0.25) is 0 Å². The Kier molecular flexibility index (Phi) is 5.45. The van der Waals surface area contributed by atoms with E-state index in [4.69, 9.17) is 0 Å². The maximum atomic E-state index is 12.9. The fraction of sp³-hybridized carbons (Fsp3) is 0.333. The van der Waals surface area contributed by atoms with Gasteiger partial charge in [-0.2, -0.15) is 0 Å². The van der Waals surface area contributed by atoms with Gasteiger partial charge in [0.05, 0.1) is 6.10 Å². The van der Waals surface area contributed by atoms with Crippen molar-refractivity contribution >= 4 is 11.8 Å². The van der Waals surface area contributed by atoms with Gasteiger partial charge in [-0.3, -0.25) is 0 Å². The number of pyridine rings is 1. The van der Waals surface area contributed by atoms with E-state index in [0.29, 0.717) is 12.1 Å². The molecular formula is C18H21FN4O2. The average molecular weight is 344 g/mol. The minimum atomic E-state index is -0.875. The van der Waals surface area contributed by atoms with Crippen molar-refractivity contribution in [2.75, 3.05) is 24.5 Å². The van der Waals surface area contributed by atoms with Gasteiger partial charge in [-0.05, 0) is 36.2 Å². The van der Waals surface area contributed by atoms with Gasteiger partial charge in [0, 0.05) is 31.9 Å². The van der Waals surface area contributed by atoms with E-state index < -0.39 is 6.10 Å². The summed E-state index contributed by atoms with van der Waals surface area (Å²) in [4.78, 5) is 18.4. The third kappa shape index (κ3) is 4.67. The molecule has 1 aromatic heterocycles. The lowest BCUT2D eigenvalue weighted by molar-refractivity contribution is 0.172. The third-order valence-electron chi connectivity index (χ3n) is 4.21. The molecular weight excluding hydrogens is 323 g/mol. The van der Waals surface area contributed by atoms with Gasteiger partial charge >= 0.3 is 6.03 Å². The zero-order valence-corrected chi connectivity index (χ0v) is 13.7. The van der Waals surface area contributed by atoms with Crippen LogP contribution in [0, 0.1) is 5.82 Å². The predicted molar refractivity (Wildman–Crippen MR) is 92.7 cm³/mol. The van der Waals surface area contributed by atoms with Crippen LogP contribution in [0.5, 0.6) is 0 Å². The standard InChI is InChI=1S/C18H21FN4O2/c19-14-6-4-13(5-7-14)16(24)11-21-18(25)22-15-8-10-23(12-15)17-3-1-2-9-20-17/h1-7,9,15-16,24H,8,10-12H2,(H2,21,22,25). The number of carbonyl (C=O) groups is 1. The van der Waals surface area contributed by atoms with Crippen molar-refractivity contribution in [1.82, 2.24) is 15.6 Å². The summed E-state index contributed by atoms with van der Waals surface area (Å²) < 4.78 is 12.9. The number of benzene rings is 1. The van der Waals surface area contributed by atoms with Crippen LogP contribution in [0.3, 0.4) is 0 Å². The molecule has 7 heteroatoms. The smallest absolute Gasteiger partial charge is 0.315 e. The Bertz CT molecular complexity index is 696. The largest absolute Gasteiger partial charge is 0.387 e. The molecule has 0 saturated carbocycles. The molecule has 3 rings (SSSR count). The highest BCUT2D eigenvalue weighted by molar-refractivity contribution is 5.74. The summed E-state index contributed by atoms with van der Waals surface area (Å²) in [6.07, 6.45) is 1.71. The van der Waals surface area contributed by atoms with E-state index in [-0.39, 0.29) is 24.4 Å². The van der Waals surface area contributed by atoms with E-state index in [0.717, 1.165) is 18.8 Å². The molecule has 1 saturated heterocycles. The number of carbonyl (C=O) groups excluding carboxylic acids is 1. The number of aromatic nitrogens is 1. The fourth-order valence-corrected chi connectivity index (χ4v) is 2.86. The van der Waals surface area contributed by atoms with Crippen LogP contribution in [0.25, 0.3) is 0 Å². The van der Waals surface area contributed by atoms with E-state index in [1.165, 1.54) is 24.3 Å². The monoisotopic (exact) mass is 344 g/mol. The van der Waals surface area contributed by atoms with Crippen molar-refractivity contribution < 1.29 is 14.3 Å². The number of aliphatic hydroxyl groups is 1. The number of aliphatic hydroxyl groups excluding tert-OH is 1. The topological polar surface area (TPSA) is 77.5 Å². The molecule has 6 nitrogen and oxygen atoms in total. The van der Waals surface area contributed by atoms with Crippen LogP contribution in [-0.4, -0.2) is 41.8 Å². The summed E-state index contributed by atoms with van der Waals surface area (Å²) in [5.74, 6) is 0.541. The highest BCUT2D eigenvalue weighted by atomic mass is 19.1. The number of hydrogen-bond acceptors (Lipinski definition) is 4. The molecule has 25 heavy (non-hydrogen) atoms. The van der Waals surface area contributed by atoms with Gasteiger partial charge in [-0.25, -0.2) is 14.2 Å². The summed E-state index contributed by atoms with van der Waals surface area (Å²) >= 11 is 0. The second kappa shape index (κ2) is 7.94. The van der Waals surface area contributed by atoms with Crippen molar-refractivity contribution in [1.29, 1.82) is 0 Å². The van der Waals surface area contributed by atoms with Crippen molar-refractivity contribution in [3.8, 4) is 0 Å². The Morgan fingerprint density at radius 2 is 2.12 bits per heavy atom. The van der Waals surface area contributed by atoms with Crippen LogP contribution in [0.15, 0.2) is 48.7 Å². The first-order valence-electron chi connectivity index (χ1n) is 8.25. The molecule has 1 fully saturated rings. The Balaban J connectivity index is 1.43. The summed E-state index contributed by atoms with van der Waals surface area (Å²) in [5, 5.41) is 15.6. The Morgan fingerprint density at radius 1 is 1.32 bits per heavy atom. The molecule has 0 bridgehead atoms. The number of urea groups is 1. The Hall–Kier alpha value is -2.67. The van der Waals surface area contributed by atoms with Crippen molar-refractivity contribution in [3.63, 3.8) is 0 Å². The predicted octanol–water partition coefficient (Wildman–Crippen LogP) is 1.83. The lowest BCUT2D eigenvalue weighted by Gasteiger charge is -2.18. The summed E-state index contributed by atoms with van der Waals surface area (Å²) in [7, 11) is 0. The number of anilines is 1. The number of rotatable bonds is 5. The number of hydrogen-bond donors (Lipinski definition) is 3. The maximum absolute atomic E-state index is 12.9. The summed E-state index contributed by atoms with van der Waals surface area (Å²) in [5.41, 5.74) is 0.559. The lowest BCUT2D eigenvalue weighted by atomic mass is 10.1. The van der Waals surface area contributed by atoms with Gasteiger partial charge in [-0.1, -0.05) is 18.2 Å². The lowest BCUT2D eigenvalue weighted by Crippen LogP contribution is -2.44. The van der Waals surface area contributed by atoms with Crippen molar-refractivity contribution in [3.05, 3.63) is 60.0 Å². The van der Waals surface area contributed by atoms with E-state index in [1.807, 2.05) is 18.2 Å². The van der Waals surface area contributed by atoms with Crippen molar-refractivity contribution in [2.45, 2.75) is 18.6 Å². The average Bonchev–Trinajstić information content (AvgIpc) is 3.09. The number of amides is 2. The van der Waals surface area contributed by atoms with Crippen molar-refractivity contribution in [2.24, 2.45) is 0 Å². The molecule has 0 aliphatic carbocycles. The van der Waals surface area contributed by atoms with Gasteiger partial charge < -0.3 is 20.6 Å². The molecule has 2 heterocycles. The van der Waals surface area contributed by atoms with Gasteiger partial charge in [0.25, 0.3) is 0 Å². The second-order valence-corrected chi connectivity index (χ2v) is 6.04. The number of nitrogens with zero attached hydrogens (tertiary/aromatic N) is 2. The van der Waals surface area contributed by atoms with Crippen LogP contribution in [0.4, 0.5) is 15.0 Å². The van der Waals surface area contributed by atoms with Crippen LogP contribution < -0.4 is 15.5 Å². The molecule has 2 unspecified atom stereocenters. The third-order valence-corrected chi connectivity index (χ3v) is 4.21. The maximum Gasteiger partial charge on any atom is 0.315 e. The normalized spacial score (nSPS) is 18.0. The second-order valence-electron chi connectivity index (χ2n) is 6.04. The number of nitrogens with one attached hydrogen (secondary N) is 2. The number of halogens is 1. The first kappa shape index (κ1) is 17.2. The SMILES string of the molecule is O=C(NCC(O)c1ccc(F)cc1)NC1CCN(c2ccccn2)C1. The first-order valence-corrected chi connectivity index (χ1v) is 8.25. The summed E-state index contributed by atoms with van der Waals surface area (Å²) in [6, 6.07) is 11.0. The zero-order chi connectivity index (χ0) is 17.6. The first-order chi connectivity index (χ1) is 12.1. The molecule has 0 radical (unpaired) electrons. The van der Waals surface area contributed by atoms with Crippen LogP contribution in [-0.2, 0) is 0 Å². The van der Waals surface area contributed by atoms with Gasteiger partial charge in [-0.15, -0.1) is 0 Å². The van der Waals surface area contributed by atoms with Crippen LogP contribution >= 0.6 is 0 Å². The molecule has 2 aromatic rings. The molecule has 2 amide bonds. The summed E-state index contributed by atoms with van der Waals surface area (Å²) in [6.45, 7) is 1.60. The molecule has 1 aliphatic heterocycles. The van der Waals surface area contributed by atoms with E-state index >= 15 is 0 Å². The molecule has 1 aliphatic rings. The quantitative estimate of drug-likeness (QED) is 0.773. The van der Waals surface area contributed by atoms with E-state index in [2.05, 4.69) is 20.5 Å². The fourth-order valence-electron chi connectivity index (χ4n) is 2.86. The van der Waals surface area contributed by atoms with Gasteiger partial charge in [0.2, 0.25) is 0 Å². The van der Waals surface area contributed by atoms with Gasteiger partial charge in [0.15, 0.2) is 0 Å². The highest BCUT2D eigenvalue weighted by Gasteiger charge is 2.24. The molecule has 3 N–H and O–H groups in total. The van der Waals surface area contributed by atoms with Gasteiger partial charge in [0.1, 0.15) is 11.6 Å². The minimum absolute atomic E-state index is 0.0324.